The number of amides is 1. The van der Waals surface area contributed by atoms with Gasteiger partial charge in [0.15, 0.2) is 0 Å². The summed E-state index contributed by atoms with van der Waals surface area (Å²) in [6.07, 6.45) is -2.89. The molecule has 0 saturated carbocycles. The molecule has 1 fully saturated rings. The maximum atomic E-state index is 13.8. The Bertz CT molecular complexity index is 1110. The minimum absolute atomic E-state index is 0.00901. The Hall–Kier alpha value is -3.28. The van der Waals surface area contributed by atoms with E-state index in [1.165, 1.54) is 18.5 Å². The first-order valence-corrected chi connectivity index (χ1v) is 9.46. The first-order chi connectivity index (χ1) is 14.6. The van der Waals surface area contributed by atoms with Gasteiger partial charge in [0, 0.05) is 13.1 Å². The second-order valence-corrected chi connectivity index (χ2v) is 7.37. The predicted molar refractivity (Wildman–Crippen MR) is 104 cm³/mol. The molecule has 0 radical (unpaired) electrons. The lowest BCUT2D eigenvalue weighted by Crippen LogP contribution is -2.50. The van der Waals surface area contributed by atoms with Crippen LogP contribution in [0.4, 0.5) is 23.5 Å². The lowest BCUT2D eigenvalue weighted by Gasteiger charge is -2.34. The molecule has 164 valence electrons. The Balaban J connectivity index is 1.77. The minimum Gasteiger partial charge on any atom is -0.364 e. The summed E-state index contributed by atoms with van der Waals surface area (Å²) in [7, 11) is 0. The Morgan fingerprint density at radius 1 is 1.23 bits per heavy atom. The number of benzene rings is 1. The van der Waals surface area contributed by atoms with Gasteiger partial charge < -0.3 is 20.9 Å². The van der Waals surface area contributed by atoms with Gasteiger partial charge in [-0.2, -0.15) is 13.2 Å². The molecule has 1 amide bonds. The van der Waals surface area contributed by atoms with Crippen molar-refractivity contribution in [2.75, 3.05) is 18.0 Å². The van der Waals surface area contributed by atoms with Crippen molar-refractivity contribution < 1.29 is 22.4 Å². The molecule has 0 unspecified atom stereocenters. The van der Waals surface area contributed by atoms with E-state index in [2.05, 4.69) is 15.0 Å². The van der Waals surface area contributed by atoms with Crippen molar-refractivity contribution >= 4 is 22.9 Å². The normalized spacial score (nSPS) is 19.7. The summed E-state index contributed by atoms with van der Waals surface area (Å²) in [5.41, 5.74) is 11.2. The van der Waals surface area contributed by atoms with Crippen LogP contribution in [0.2, 0.25) is 0 Å². The van der Waals surface area contributed by atoms with Crippen LogP contribution in [0.1, 0.15) is 28.2 Å². The molecule has 1 aromatic carbocycles. The molecular weight excluding hydrogens is 418 g/mol. The molecular formula is C19H19F4N7O. The number of imidazole rings is 1. The van der Waals surface area contributed by atoms with Crippen LogP contribution in [0, 0.1) is 0 Å². The number of nitrogens with zero attached hydrogens (tertiary/aromatic N) is 5. The molecule has 0 bridgehead atoms. The van der Waals surface area contributed by atoms with Crippen LogP contribution in [0.15, 0.2) is 30.6 Å². The Labute approximate surface area is 173 Å². The van der Waals surface area contributed by atoms with Gasteiger partial charge in [-0.3, -0.25) is 9.78 Å². The molecule has 8 nitrogen and oxygen atoms in total. The second-order valence-electron chi connectivity index (χ2n) is 7.37. The van der Waals surface area contributed by atoms with E-state index >= 15 is 0 Å². The van der Waals surface area contributed by atoms with E-state index in [0.29, 0.717) is 23.7 Å². The number of anilines is 1. The summed E-state index contributed by atoms with van der Waals surface area (Å²) in [4.78, 5) is 25.5. The van der Waals surface area contributed by atoms with E-state index in [1.807, 2.05) is 0 Å². The lowest BCUT2D eigenvalue weighted by atomic mass is 10.1. The van der Waals surface area contributed by atoms with Crippen molar-refractivity contribution in [3.05, 3.63) is 47.5 Å². The number of hydrogen-bond donors (Lipinski definition) is 2. The van der Waals surface area contributed by atoms with Crippen LogP contribution >= 0.6 is 0 Å². The molecule has 3 heterocycles. The number of alkyl halides is 4. The molecule has 4 rings (SSSR count). The van der Waals surface area contributed by atoms with Crippen molar-refractivity contribution in [1.29, 1.82) is 0 Å². The van der Waals surface area contributed by atoms with E-state index in [-0.39, 0.29) is 30.7 Å². The van der Waals surface area contributed by atoms with Gasteiger partial charge in [0.1, 0.15) is 11.9 Å². The van der Waals surface area contributed by atoms with Gasteiger partial charge >= 0.3 is 6.18 Å². The summed E-state index contributed by atoms with van der Waals surface area (Å²) in [5.74, 6) is -0.368. The number of hydrogen-bond acceptors (Lipinski definition) is 6. The molecule has 4 N–H and O–H groups in total. The Morgan fingerprint density at radius 2 is 2.00 bits per heavy atom. The maximum absolute atomic E-state index is 13.8. The highest BCUT2D eigenvalue weighted by molar-refractivity contribution is 5.90. The van der Waals surface area contributed by atoms with Gasteiger partial charge in [-0.05, 0) is 24.6 Å². The fraction of sp³-hybridized carbons (Fsp3) is 0.368. The van der Waals surface area contributed by atoms with Gasteiger partial charge in [0.2, 0.25) is 5.95 Å². The van der Waals surface area contributed by atoms with Crippen LogP contribution < -0.4 is 16.4 Å². The van der Waals surface area contributed by atoms with Gasteiger partial charge in [-0.1, -0.05) is 0 Å². The molecule has 1 saturated heterocycles. The first-order valence-electron chi connectivity index (χ1n) is 9.46. The number of piperidine rings is 1. The second kappa shape index (κ2) is 7.76. The van der Waals surface area contributed by atoms with Crippen molar-refractivity contribution in [2.24, 2.45) is 11.5 Å². The van der Waals surface area contributed by atoms with Crippen LogP contribution in [-0.4, -0.2) is 50.7 Å². The smallest absolute Gasteiger partial charge is 0.364 e. The average molecular weight is 437 g/mol. The third kappa shape index (κ3) is 4.15. The van der Waals surface area contributed by atoms with E-state index in [9.17, 15) is 22.4 Å². The molecule has 12 heteroatoms. The Morgan fingerprint density at radius 3 is 2.61 bits per heavy atom. The molecule has 0 spiro atoms. The van der Waals surface area contributed by atoms with Crippen molar-refractivity contribution in [2.45, 2.75) is 31.4 Å². The number of nitrogens with two attached hydrogens (primary N) is 2. The standard InChI is InChI=1S/C19H19F4N7O/c20-12-3-4-29(9-13(12)24)18-28-14-5-10(19(21,22)23)1-2-16(14)30(18)8-11-6-27-15(7-26-11)17(25)31/h1-2,5-7,12-13H,3-4,8-9,24H2,(H2,25,31)/t12-,13+/m0/s1. The zero-order valence-electron chi connectivity index (χ0n) is 16.2. The number of carbonyl (C=O) groups is 1. The highest BCUT2D eigenvalue weighted by Crippen LogP contribution is 2.33. The van der Waals surface area contributed by atoms with E-state index in [4.69, 9.17) is 11.5 Å². The quantitative estimate of drug-likeness (QED) is 0.602. The summed E-state index contributed by atoms with van der Waals surface area (Å²) in [6, 6.07) is 2.55. The average Bonchev–Trinajstić information content (AvgIpc) is 3.07. The lowest BCUT2D eigenvalue weighted by molar-refractivity contribution is -0.137. The largest absolute Gasteiger partial charge is 0.416 e. The molecule has 1 aliphatic heterocycles. The topological polar surface area (TPSA) is 116 Å². The monoisotopic (exact) mass is 437 g/mol. The maximum Gasteiger partial charge on any atom is 0.416 e. The molecule has 31 heavy (non-hydrogen) atoms. The number of aromatic nitrogens is 4. The van der Waals surface area contributed by atoms with Crippen molar-refractivity contribution in [3.8, 4) is 0 Å². The molecule has 0 aliphatic carbocycles. The zero-order valence-corrected chi connectivity index (χ0v) is 16.2. The van der Waals surface area contributed by atoms with Crippen LogP contribution in [0.5, 0.6) is 0 Å². The van der Waals surface area contributed by atoms with E-state index in [0.717, 1.165) is 12.1 Å². The highest BCUT2D eigenvalue weighted by atomic mass is 19.4. The van der Waals surface area contributed by atoms with Gasteiger partial charge in [-0.15, -0.1) is 0 Å². The van der Waals surface area contributed by atoms with Crippen LogP contribution in [0.3, 0.4) is 0 Å². The number of fused-ring (bicyclic) bond motifs is 1. The summed E-state index contributed by atoms with van der Waals surface area (Å²) in [5, 5.41) is 0. The van der Waals surface area contributed by atoms with Crippen LogP contribution in [0.25, 0.3) is 11.0 Å². The van der Waals surface area contributed by atoms with E-state index < -0.39 is 29.9 Å². The van der Waals surface area contributed by atoms with E-state index in [1.54, 1.807) is 9.47 Å². The number of primary amides is 1. The number of halogens is 4. The summed E-state index contributed by atoms with van der Waals surface area (Å²) >= 11 is 0. The fourth-order valence-electron chi connectivity index (χ4n) is 3.55. The molecule has 2 aromatic heterocycles. The third-order valence-corrected chi connectivity index (χ3v) is 5.19. The molecule has 3 aromatic rings. The van der Waals surface area contributed by atoms with Gasteiger partial charge in [0.05, 0.1) is 47.3 Å². The van der Waals surface area contributed by atoms with Crippen LogP contribution in [-0.2, 0) is 12.7 Å². The number of carbonyl (C=O) groups excluding carboxylic acids is 1. The fourth-order valence-corrected chi connectivity index (χ4v) is 3.55. The predicted octanol–water partition coefficient (Wildman–Crippen LogP) is 1.87. The van der Waals surface area contributed by atoms with Crippen molar-refractivity contribution in [1.82, 2.24) is 19.5 Å². The third-order valence-electron chi connectivity index (χ3n) is 5.19. The molecule has 2 atom stereocenters. The van der Waals surface area contributed by atoms with Gasteiger partial charge in [0.25, 0.3) is 5.91 Å². The highest BCUT2D eigenvalue weighted by Gasteiger charge is 2.32. The minimum atomic E-state index is -4.51. The SMILES string of the molecule is NC(=O)c1cnc(Cn2c(N3CC[C@H](F)[C@H](N)C3)nc3cc(C(F)(F)F)ccc32)cn1. The Kier molecular flexibility index (Phi) is 5.25. The summed E-state index contributed by atoms with van der Waals surface area (Å²) < 4.78 is 55.0. The molecule has 1 aliphatic rings. The zero-order chi connectivity index (χ0) is 22.3. The number of rotatable bonds is 4. The summed E-state index contributed by atoms with van der Waals surface area (Å²) in [6.45, 7) is 0.605. The van der Waals surface area contributed by atoms with Gasteiger partial charge in [-0.25, -0.2) is 14.4 Å². The van der Waals surface area contributed by atoms with Crippen molar-refractivity contribution in [3.63, 3.8) is 0 Å². The first kappa shape index (κ1) is 21.0.